The van der Waals surface area contributed by atoms with Crippen LogP contribution in [0.5, 0.6) is 0 Å². The van der Waals surface area contributed by atoms with Crippen LogP contribution in [0.4, 0.5) is 13.2 Å². The molecule has 0 aliphatic rings. The Kier molecular flexibility index (Phi) is 3.05. The predicted octanol–water partition coefficient (Wildman–Crippen LogP) is 4.78. The number of hydrogen-bond acceptors (Lipinski definition) is 1. The van der Waals surface area contributed by atoms with E-state index in [2.05, 4.69) is 20.9 Å². The van der Waals surface area contributed by atoms with Crippen molar-refractivity contribution in [2.45, 2.75) is 6.18 Å². The molecule has 0 aliphatic heterocycles. The Morgan fingerprint density at radius 2 is 1.75 bits per heavy atom. The second kappa shape index (κ2) is 4.63. The lowest BCUT2D eigenvalue weighted by Crippen LogP contribution is -2.05. The zero-order chi connectivity index (χ0) is 14.3. The van der Waals surface area contributed by atoms with Crippen LogP contribution in [0.15, 0.2) is 53.3 Å². The van der Waals surface area contributed by atoms with Crippen LogP contribution in [-0.2, 0) is 6.18 Å². The van der Waals surface area contributed by atoms with E-state index < -0.39 is 11.7 Å². The van der Waals surface area contributed by atoms with Gasteiger partial charge in [0.05, 0.1) is 11.3 Å². The maximum atomic E-state index is 12.6. The summed E-state index contributed by atoms with van der Waals surface area (Å²) in [6, 6.07) is 9.52. The molecule has 2 nitrogen and oxygen atoms in total. The van der Waals surface area contributed by atoms with Gasteiger partial charge in [-0.1, -0.05) is 28.1 Å². The van der Waals surface area contributed by atoms with Gasteiger partial charge in [-0.3, -0.25) is 0 Å². The fourth-order valence-corrected chi connectivity index (χ4v) is 2.18. The lowest BCUT2D eigenvalue weighted by Gasteiger charge is -2.05. The van der Waals surface area contributed by atoms with Crippen molar-refractivity contribution in [2.24, 2.45) is 0 Å². The first-order valence-electron chi connectivity index (χ1n) is 5.75. The van der Waals surface area contributed by atoms with E-state index in [0.29, 0.717) is 5.69 Å². The summed E-state index contributed by atoms with van der Waals surface area (Å²) in [4.78, 5) is 4.23. The van der Waals surface area contributed by atoms with Gasteiger partial charge < -0.3 is 4.40 Å². The van der Waals surface area contributed by atoms with Crippen LogP contribution < -0.4 is 0 Å². The van der Waals surface area contributed by atoms with Crippen molar-refractivity contribution in [3.63, 3.8) is 0 Å². The van der Waals surface area contributed by atoms with E-state index in [1.54, 1.807) is 10.6 Å². The number of pyridine rings is 1. The highest BCUT2D eigenvalue weighted by Crippen LogP contribution is 2.30. The van der Waals surface area contributed by atoms with Gasteiger partial charge in [0.15, 0.2) is 0 Å². The van der Waals surface area contributed by atoms with Crippen molar-refractivity contribution in [1.82, 2.24) is 9.38 Å². The van der Waals surface area contributed by atoms with Gasteiger partial charge in [-0.2, -0.15) is 13.2 Å². The maximum absolute atomic E-state index is 12.6. The van der Waals surface area contributed by atoms with Crippen molar-refractivity contribution in [3.05, 3.63) is 58.8 Å². The number of nitrogens with zero attached hydrogens (tertiary/aromatic N) is 2. The third kappa shape index (κ3) is 2.43. The van der Waals surface area contributed by atoms with Crippen molar-refractivity contribution in [1.29, 1.82) is 0 Å². The van der Waals surface area contributed by atoms with E-state index in [9.17, 15) is 13.2 Å². The summed E-state index contributed by atoms with van der Waals surface area (Å²) < 4.78 is 40.5. The molecule has 0 spiro atoms. The largest absolute Gasteiger partial charge is 0.416 e. The molecule has 0 amide bonds. The Morgan fingerprint density at radius 3 is 2.40 bits per heavy atom. The molecule has 0 fully saturated rings. The quantitative estimate of drug-likeness (QED) is 0.623. The average molecular weight is 341 g/mol. The smallest absolute Gasteiger partial charge is 0.306 e. The van der Waals surface area contributed by atoms with Gasteiger partial charge in [-0.15, -0.1) is 0 Å². The molecule has 0 aliphatic carbocycles. The highest BCUT2D eigenvalue weighted by Gasteiger charge is 2.30. The molecule has 0 N–H and O–H groups in total. The van der Waals surface area contributed by atoms with Gasteiger partial charge in [-0.05, 0) is 24.3 Å². The first-order valence-corrected chi connectivity index (χ1v) is 6.55. The molecule has 0 bridgehead atoms. The predicted molar refractivity (Wildman–Crippen MR) is 73.3 cm³/mol. The van der Waals surface area contributed by atoms with Gasteiger partial charge >= 0.3 is 6.18 Å². The van der Waals surface area contributed by atoms with Crippen LogP contribution in [0.2, 0.25) is 0 Å². The summed E-state index contributed by atoms with van der Waals surface area (Å²) in [5.74, 6) is 0. The normalized spacial score (nSPS) is 12.0. The molecule has 0 radical (unpaired) electrons. The van der Waals surface area contributed by atoms with Gasteiger partial charge in [0.25, 0.3) is 0 Å². The molecule has 0 atom stereocenters. The van der Waals surface area contributed by atoms with Crippen molar-refractivity contribution < 1.29 is 13.2 Å². The van der Waals surface area contributed by atoms with E-state index in [0.717, 1.165) is 22.2 Å². The molecule has 1 aromatic carbocycles. The molecule has 0 unspecified atom stereocenters. The molecular formula is C14H8BrF3N2. The molecule has 20 heavy (non-hydrogen) atoms. The number of rotatable bonds is 1. The van der Waals surface area contributed by atoms with Crippen LogP contribution in [0.3, 0.4) is 0 Å². The Bertz CT molecular complexity index is 760. The number of alkyl halides is 3. The SMILES string of the molecule is FC(F)(F)c1ccn2cc(-c3ccc(Br)cc3)nc2c1. The van der Waals surface area contributed by atoms with Gasteiger partial charge in [0.1, 0.15) is 5.65 Å². The van der Waals surface area contributed by atoms with Crippen LogP contribution in [0, 0.1) is 0 Å². The van der Waals surface area contributed by atoms with E-state index in [1.165, 1.54) is 6.20 Å². The van der Waals surface area contributed by atoms with Gasteiger partial charge in [0, 0.05) is 22.4 Å². The maximum Gasteiger partial charge on any atom is 0.416 e. The highest BCUT2D eigenvalue weighted by molar-refractivity contribution is 9.10. The standard InChI is InChI=1S/C14H8BrF3N2/c15-11-3-1-9(2-4-11)12-8-20-6-5-10(14(16,17)18)7-13(20)19-12/h1-8H. The van der Waals surface area contributed by atoms with Crippen molar-refractivity contribution >= 4 is 21.6 Å². The van der Waals surface area contributed by atoms with Gasteiger partial charge in [-0.25, -0.2) is 4.98 Å². The number of fused-ring (bicyclic) bond motifs is 1. The minimum absolute atomic E-state index is 0.276. The molecule has 0 saturated carbocycles. The molecule has 6 heteroatoms. The van der Waals surface area contributed by atoms with Crippen LogP contribution in [0.25, 0.3) is 16.9 Å². The second-order valence-electron chi connectivity index (χ2n) is 4.31. The molecule has 3 rings (SSSR count). The Hall–Kier alpha value is -1.82. The molecule has 102 valence electrons. The topological polar surface area (TPSA) is 17.3 Å². The molecule has 2 heterocycles. The third-order valence-corrected chi connectivity index (χ3v) is 3.46. The molecule has 0 saturated heterocycles. The summed E-state index contributed by atoms with van der Waals surface area (Å²) in [6.07, 6.45) is -1.28. The summed E-state index contributed by atoms with van der Waals surface area (Å²) >= 11 is 3.33. The summed E-state index contributed by atoms with van der Waals surface area (Å²) in [5.41, 5.74) is 1.07. The minimum atomic E-state index is -4.36. The lowest BCUT2D eigenvalue weighted by atomic mass is 10.2. The number of halogens is 4. The fourth-order valence-electron chi connectivity index (χ4n) is 1.92. The van der Waals surface area contributed by atoms with E-state index >= 15 is 0 Å². The zero-order valence-electron chi connectivity index (χ0n) is 10.0. The number of imidazole rings is 1. The summed E-state index contributed by atoms with van der Waals surface area (Å²) in [7, 11) is 0. The fraction of sp³-hybridized carbons (Fsp3) is 0.0714. The van der Waals surface area contributed by atoms with E-state index in [-0.39, 0.29) is 5.65 Å². The summed E-state index contributed by atoms with van der Waals surface area (Å²) in [5, 5.41) is 0. The summed E-state index contributed by atoms with van der Waals surface area (Å²) in [6.45, 7) is 0. The second-order valence-corrected chi connectivity index (χ2v) is 5.23. The third-order valence-electron chi connectivity index (χ3n) is 2.93. The highest BCUT2D eigenvalue weighted by atomic mass is 79.9. The first-order chi connectivity index (χ1) is 9.43. The van der Waals surface area contributed by atoms with Crippen molar-refractivity contribution in [2.75, 3.05) is 0 Å². The minimum Gasteiger partial charge on any atom is -0.306 e. The number of benzene rings is 1. The molecule has 3 aromatic rings. The van der Waals surface area contributed by atoms with Crippen LogP contribution in [-0.4, -0.2) is 9.38 Å². The number of hydrogen-bond donors (Lipinski definition) is 0. The Balaban J connectivity index is 2.09. The zero-order valence-corrected chi connectivity index (χ0v) is 11.6. The average Bonchev–Trinajstić information content (AvgIpc) is 2.81. The Labute approximate surface area is 121 Å². The van der Waals surface area contributed by atoms with E-state index in [4.69, 9.17) is 0 Å². The molecular weight excluding hydrogens is 333 g/mol. The van der Waals surface area contributed by atoms with Crippen LogP contribution in [0.1, 0.15) is 5.56 Å². The van der Waals surface area contributed by atoms with Crippen LogP contribution >= 0.6 is 15.9 Å². The van der Waals surface area contributed by atoms with Crippen molar-refractivity contribution in [3.8, 4) is 11.3 Å². The van der Waals surface area contributed by atoms with Gasteiger partial charge in [0.2, 0.25) is 0 Å². The molecule has 2 aromatic heterocycles. The first kappa shape index (κ1) is 13.2. The monoisotopic (exact) mass is 340 g/mol. The lowest BCUT2D eigenvalue weighted by molar-refractivity contribution is -0.137. The number of aromatic nitrogens is 2. The van der Waals surface area contributed by atoms with E-state index in [1.807, 2.05) is 24.3 Å². The Morgan fingerprint density at radius 1 is 1.05 bits per heavy atom.